The van der Waals surface area contributed by atoms with Crippen LogP contribution in [0.1, 0.15) is 43.0 Å². The van der Waals surface area contributed by atoms with E-state index in [0.717, 1.165) is 12.0 Å². The molecule has 0 aromatic heterocycles. The molecule has 1 amide bonds. The van der Waals surface area contributed by atoms with Crippen molar-refractivity contribution < 1.29 is 4.79 Å². The summed E-state index contributed by atoms with van der Waals surface area (Å²) >= 11 is 0. The highest BCUT2D eigenvalue weighted by atomic mass is 16.1. The standard InChI is InChI=1S/C14H19NO/c1-11-7-5-6-10-13(11)15-14(16)12-8-3-2-4-9-12/h2-4,8-9,11,13H,5-7,10H2,1H3,(H,15,16)/t11?,13-/m1/s1. The van der Waals surface area contributed by atoms with Crippen molar-refractivity contribution in [1.82, 2.24) is 5.32 Å². The third kappa shape index (κ3) is 2.63. The molecule has 1 fully saturated rings. The number of rotatable bonds is 2. The SMILES string of the molecule is CC1CCCC[C@H]1NC(=O)c1ccccc1. The topological polar surface area (TPSA) is 29.1 Å². The van der Waals surface area contributed by atoms with Crippen LogP contribution in [0.2, 0.25) is 0 Å². The fraction of sp³-hybridized carbons (Fsp3) is 0.500. The molecule has 16 heavy (non-hydrogen) atoms. The molecular weight excluding hydrogens is 198 g/mol. The summed E-state index contributed by atoms with van der Waals surface area (Å²) in [5.74, 6) is 0.681. The van der Waals surface area contributed by atoms with Crippen LogP contribution in [-0.2, 0) is 0 Å². The summed E-state index contributed by atoms with van der Waals surface area (Å²) in [6.45, 7) is 2.23. The normalized spacial score (nSPS) is 25.1. The zero-order valence-corrected chi connectivity index (χ0v) is 9.78. The first-order valence-electron chi connectivity index (χ1n) is 6.13. The lowest BCUT2D eigenvalue weighted by Gasteiger charge is -2.29. The van der Waals surface area contributed by atoms with Gasteiger partial charge in [0, 0.05) is 11.6 Å². The van der Waals surface area contributed by atoms with Crippen LogP contribution in [0, 0.1) is 5.92 Å². The van der Waals surface area contributed by atoms with Gasteiger partial charge in [-0.25, -0.2) is 0 Å². The molecule has 0 spiro atoms. The van der Waals surface area contributed by atoms with Gasteiger partial charge >= 0.3 is 0 Å². The Balaban J connectivity index is 1.96. The predicted molar refractivity (Wildman–Crippen MR) is 65.3 cm³/mol. The summed E-state index contributed by atoms with van der Waals surface area (Å²) in [5.41, 5.74) is 0.764. The second-order valence-corrected chi connectivity index (χ2v) is 4.71. The Kier molecular flexibility index (Phi) is 3.60. The molecule has 1 aliphatic rings. The smallest absolute Gasteiger partial charge is 0.251 e. The van der Waals surface area contributed by atoms with E-state index in [0.29, 0.717) is 12.0 Å². The Labute approximate surface area is 97.1 Å². The Hall–Kier alpha value is -1.31. The van der Waals surface area contributed by atoms with Crippen molar-refractivity contribution in [2.75, 3.05) is 0 Å². The van der Waals surface area contributed by atoms with Crippen LogP contribution in [-0.4, -0.2) is 11.9 Å². The third-order valence-electron chi connectivity index (χ3n) is 3.46. The van der Waals surface area contributed by atoms with E-state index in [9.17, 15) is 4.79 Å². The van der Waals surface area contributed by atoms with Gasteiger partial charge in [-0.1, -0.05) is 38.0 Å². The van der Waals surface area contributed by atoms with Crippen molar-refractivity contribution in [3.63, 3.8) is 0 Å². The van der Waals surface area contributed by atoms with Gasteiger partial charge in [-0.05, 0) is 30.9 Å². The van der Waals surface area contributed by atoms with E-state index < -0.39 is 0 Å². The Morgan fingerprint density at radius 3 is 2.56 bits per heavy atom. The molecule has 2 nitrogen and oxygen atoms in total. The minimum atomic E-state index is 0.0688. The zero-order valence-electron chi connectivity index (χ0n) is 9.78. The summed E-state index contributed by atoms with van der Waals surface area (Å²) in [6.07, 6.45) is 4.91. The lowest BCUT2D eigenvalue weighted by atomic mass is 9.86. The summed E-state index contributed by atoms with van der Waals surface area (Å²) in [4.78, 5) is 11.9. The number of carbonyl (C=O) groups is 1. The Morgan fingerprint density at radius 1 is 1.19 bits per heavy atom. The lowest BCUT2D eigenvalue weighted by molar-refractivity contribution is 0.0910. The van der Waals surface area contributed by atoms with Gasteiger partial charge in [0.2, 0.25) is 0 Å². The van der Waals surface area contributed by atoms with E-state index in [1.54, 1.807) is 0 Å². The van der Waals surface area contributed by atoms with E-state index in [4.69, 9.17) is 0 Å². The van der Waals surface area contributed by atoms with Crippen LogP contribution in [0.25, 0.3) is 0 Å². The molecule has 2 atom stereocenters. The number of hydrogen-bond acceptors (Lipinski definition) is 1. The maximum absolute atomic E-state index is 11.9. The first-order chi connectivity index (χ1) is 7.77. The van der Waals surface area contributed by atoms with E-state index in [1.807, 2.05) is 30.3 Å². The van der Waals surface area contributed by atoms with Crippen LogP contribution in [0.4, 0.5) is 0 Å². The van der Waals surface area contributed by atoms with Crippen molar-refractivity contribution >= 4 is 5.91 Å². The molecule has 2 rings (SSSR count). The summed E-state index contributed by atoms with van der Waals surface area (Å²) in [5, 5.41) is 3.15. The maximum atomic E-state index is 11.9. The van der Waals surface area contributed by atoms with Gasteiger partial charge in [-0.3, -0.25) is 4.79 Å². The number of hydrogen-bond donors (Lipinski definition) is 1. The van der Waals surface area contributed by atoms with Crippen LogP contribution < -0.4 is 5.32 Å². The van der Waals surface area contributed by atoms with Crippen LogP contribution in [0.5, 0.6) is 0 Å². The van der Waals surface area contributed by atoms with Crippen LogP contribution in [0.3, 0.4) is 0 Å². The van der Waals surface area contributed by atoms with E-state index >= 15 is 0 Å². The predicted octanol–water partition coefficient (Wildman–Crippen LogP) is 3.00. The second kappa shape index (κ2) is 5.15. The van der Waals surface area contributed by atoms with E-state index in [-0.39, 0.29) is 5.91 Å². The van der Waals surface area contributed by atoms with E-state index in [1.165, 1.54) is 19.3 Å². The summed E-state index contributed by atoms with van der Waals surface area (Å²) in [6, 6.07) is 9.82. The lowest BCUT2D eigenvalue weighted by Crippen LogP contribution is -2.41. The molecule has 2 heteroatoms. The monoisotopic (exact) mass is 217 g/mol. The van der Waals surface area contributed by atoms with Crippen molar-refractivity contribution in [3.05, 3.63) is 35.9 Å². The van der Waals surface area contributed by atoms with Crippen molar-refractivity contribution in [3.8, 4) is 0 Å². The van der Waals surface area contributed by atoms with Gasteiger partial charge in [0.05, 0.1) is 0 Å². The fourth-order valence-electron chi connectivity index (χ4n) is 2.37. The Morgan fingerprint density at radius 2 is 1.88 bits per heavy atom. The average molecular weight is 217 g/mol. The molecule has 0 saturated heterocycles. The van der Waals surface area contributed by atoms with Gasteiger partial charge in [-0.15, -0.1) is 0 Å². The van der Waals surface area contributed by atoms with Gasteiger partial charge in [0.1, 0.15) is 0 Å². The molecule has 1 N–H and O–H groups in total. The van der Waals surface area contributed by atoms with Crippen molar-refractivity contribution in [2.24, 2.45) is 5.92 Å². The number of benzene rings is 1. The highest BCUT2D eigenvalue weighted by Gasteiger charge is 2.22. The number of nitrogens with one attached hydrogen (secondary N) is 1. The Bertz CT molecular complexity index is 347. The first-order valence-corrected chi connectivity index (χ1v) is 6.13. The molecule has 0 radical (unpaired) electrons. The highest BCUT2D eigenvalue weighted by molar-refractivity contribution is 5.94. The molecule has 0 heterocycles. The maximum Gasteiger partial charge on any atom is 0.251 e. The molecule has 1 aliphatic carbocycles. The van der Waals surface area contributed by atoms with Gasteiger partial charge in [0.25, 0.3) is 5.91 Å². The molecular formula is C14H19NO. The van der Waals surface area contributed by atoms with Crippen molar-refractivity contribution in [1.29, 1.82) is 0 Å². The van der Waals surface area contributed by atoms with Crippen LogP contribution in [0.15, 0.2) is 30.3 Å². The average Bonchev–Trinajstić information content (AvgIpc) is 2.33. The minimum Gasteiger partial charge on any atom is -0.349 e. The third-order valence-corrected chi connectivity index (χ3v) is 3.46. The highest BCUT2D eigenvalue weighted by Crippen LogP contribution is 2.23. The largest absolute Gasteiger partial charge is 0.349 e. The minimum absolute atomic E-state index is 0.0688. The van der Waals surface area contributed by atoms with E-state index in [2.05, 4.69) is 12.2 Å². The van der Waals surface area contributed by atoms with Gasteiger partial charge in [-0.2, -0.15) is 0 Å². The summed E-state index contributed by atoms with van der Waals surface area (Å²) in [7, 11) is 0. The molecule has 86 valence electrons. The molecule has 1 aromatic carbocycles. The number of carbonyl (C=O) groups excluding carboxylic acids is 1. The van der Waals surface area contributed by atoms with Crippen molar-refractivity contribution in [2.45, 2.75) is 38.6 Å². The molecule has 0 aliphatic heterocycles. The quantitative estimate of drug-likeness (QED) is 0.810. The molecule has 1 saturated carbocycles. The molecule has 1 unspecified atom stereocenters. The first kappa shape index (κ1) is 11.2. The van der Waals surface area contributed by atoms with Gasteiger partial charge in [0.15, 0.2) is 0 Å². The fourth-order valence-corrected chi connectivity index (χ4v) is 2.37. The summed E-state index contributed by atoms with van der Waals surface area (Å²) < 4.78 is 0. The van der Waals surface area contributed by atoms with Gasteiger partial charge < -0.3 is 5.32 Å². The molecule has 1 aromatic rings. The van der Waals surface area contributed by atoms with Crippen LogP contribution >= 0.6 is 0 Å². The zero-order chi connectivity index (χ0) is 11.4. The second-order valence-electron chi connectivity index (χ2n) is 4.71. The molecule has 0 bridgehead atoms. The number of amides is 1.